The minimum Gasteiger partial charge on any atom is -0.483 e. The highest BCUT2D eigenvalue weighted by Crippen LogP contribution is 2.29. The van der Waals surface area contributed by atoms with Crippen molar-refractivity contribution in [1.82, 2.24) is 5.32 Å². The molecule has 0 atom stereocenters. The average Bonchev–Trinajstić information content (AvgIpc) is 2.85. The van der Waals surface area contributed by atoms with E-state index < -0.39 is 23.8 Å². The molecular formula is C28H23Cl2N3O5. The van der Waals surface area contributed by atoms with Gasteiger partial charge in [-0.1, -0.05) is 35.3 Å². The van der Waals surface area contributed by atoms with E-state index in [1.54, 1.807) is 42.5 Å². The summed E-state index contributed by atoms with van der Waals surface area (Å²) in [5.41, 5.74) is 3.55. The SMILES string of the molecule is Cc1ccc(N2C(=O)NC(=O)/C(=C/c3cc(Cl)ccc3OCC(=O)Nc3ccc(C)c(Cl)c3)C2=O)cc1C. The third-order valence-electron chi connectivity index (χ3n) is 5.94. The van der Waals surface area contributed by atoms with Gasteiger partial charge in [-0.3, -0.25) is 19.7 Å². The summed E-state index contributed by atoms with van der Waals surface area (Å²) >= 11 is 12.3. The molecule has 0 bridgehead atoms. The van der Waals surface area contributed by atoms with Crippen LogP contribution in [0.5, 0.6) is 5.75 Å². The van der Waals surface area contributed by atoms with Crippen LogP contribution in [0.15, 0.2) is 60.2 Å². The molecule has 194 valence electrons. The molecule has 38 heavy (non-hydrogen) atoms. The standard InChI is InChI=1S/C28H23Cl2N3O5/c1-15-5-8-21(10-17(15)3)33-27(36)22(26(35)32-28(33)37)12-18-11-19(29)6-9-24(18)38-14-25(34)31-20-7-4-16(2)23(30)13-20/h4-13H,14H2,1-3H3,(H,31,34)(H,32,35,37)/b22-12-. The van der Waals surface area contributed by atoms with E-state index in [1.807, 2.05) is 20.8 Å². The fourth-order valence-electron chi connectivity index (χ4n) is 3.69. The van der Waals surface area contributed by atoms with Crippen molar-refractivity contribution in [2.45, 2.75) is 20.8 Å². The number of imide groups is 2. The van der Waals surface area contributed by atoms with Gasteiger partial charge in [0.15, 0.2) is 6.61 Å². The number of halogens is 2. The lowest BCUT2D eigenvalue weighted by Gasteiger charge is -2.27. The lowest BCUT2D eigenvalue weighted by molar-refractivity contribution is -0.122. The summed E-state index contributed by atoms with van der Waals surface area (Å²) in [6, 6.07) is 13.9. The molecule has 1 aliphatic heterocycles. The van der Waals surface area contributed by atoms with Crippen LogP contribution >= 0.6 is 23.2 Å². The van der Waals surface area contributed by atoms with Gasteiger partial charge < -0.3 is 10.1 Å². The molecule has 5 amide bonds. The third kappa shape index (κ3) is 5.88. The summed E-state index contributed by atoms with van der Waals surface area (Å²) in [6.07, 6.45) is 1.27. The maximum Gasteiger partial charge on any atom is 0.335 e. The first-order valence-electron chi connectivity index (χ1n) is 11.5. The fourth-order valence-corrected chi connectivity index (χ4v) is 4.05. The largest absolute Gasteiger partial charge is 0.483 e. The first-order valence-corrected chi connectivity index (χ1v) is 12.3. The molecule has 1 fully saturated rings. The molecule has 0 spiro atoms. The quantitative estimate of drug-likeness (QED) is 0.306. The number of carbonyl (C=O) groups excluding carboxylic acids is 4. The van der Waals surface area contributed by atoms with Crippen molar-refractivity contribution in [2.24, 2.45) is 0 Å². The van der Waals surface area contributed by atoms with E-state index in [2.05, 4.69) is 10.6 Å². The van der Waals surface area contributed by atoms with Crippen LogP contribution in [0.25, 0.3) is 6.08 Å². The molecule has 8 nitrogen and oxygen atoms in total. The van der Waals surface area contributed by atoms with Gasteiger partial charge in [0.05, 0.1) is 5.69 Å². The second-order valence-corrected chi connectivity index (χ2v) is 9.55. The molecular weight excluding hydrogens is 529 g/mol. The second-order valence-electron chi connectivity index (χ2n) is 8.71. The maximum absolute atomic E-state index is 13.3. The number of ether oxygens (including phenoxy) is 1. The Morgan fingerprint density at radius 1 is 0.947 bits per heavy atom. The Morgan fingerprint density at radius 2 is 1.68 bits per heavy atom. The second kappa shape index (κ2) is 11.1. The molecule has 0 radical (unpaired) electrons. The Morgan fingerprint density at radius 3 is 2.39 bits per heavy atom. The van der Waals surface area contributed by atoms with Crippen LogP contribution in [-0.4, -0.2) is 30.4 Å². The van der Waals surface area contributed by atoms with Gasteiger partial charge in [0.25, 0.3) is 17.7 Å². The molecule has 10 heteroatoms. The lowest BCUT2D eigenvalue weighted by Crippen LogP contribution is -2.54. The van der Waals surface area contributed by atoms with Crippen molar-refractivity contribution in [1.29, 1.82) is 0 Å². The fraction of sp³-hybridized carbons (Fsp3) is 0.143. The number of rotatable bonds is 6. The highest BCUT2D eigenvalue weighted by Gasteiger charge is 2.37. The Hall–Kier alpha value is -4.14. The zero-order valence-corrected chi connectivity index (χ0v) is 22.2. The average molecular weight is 552 g/mol. The summed E-state index contributed by atoms with van der Waals surface area (Å²) < 4.78 is 5.68. The monoisotopic (exact) mass is 551 g/mol. The Kier molecular flexibility index (Phi) is 7.85. The molecule has 0 saturated carbocycles. The van der Waals surface area contributed by atoms with Crippen LogP contribution in [0.1, 0.15) is 22.3 Å². The van der Waals surface area contributed by atoms with Crippen LogP contribution in [0.4, 0.5) is 16.2 Å². The van der Waals surface area contributed by atoms with E-state index in [0.717, 1.165) is 21.6 Å². The van der Waals surface area contributed by atoms with Crippen molar-refractivity contribution in [3.63, 3.8) is 0 Å². The Labute approximate surface area is 229 Å². The van der Waals surface area contributed by atoms with Crippen LogP contribution in [0.2, 0.25) is 10.0 Å². The predicted octanol–water partition coefficient (Wildman–Crippen LogP) is 5.60. The molecule has 3 aromatic rings. The minimum atomic E-state index is -0.861. The molecule has 1 aliphatic rings. The molecule has 0 aliphatic carbocycles. The molecule has 0 aromatic heterocycles. The van der Waals surface area contributed by atoms with Gasteiger partial charge in [0, 0.05) is 21.3 Å². The number of aryl methyl sites for hydroxylation is 3. The predicted molar refractivity (Wildman–Crippen MR) is 147 cm³/mol. The number of nitrogens with zero attached hydrogens (tertiary/aromatic N) is 1. The Bertz CT molecular complexity index is 1520. The lowest BCUT2D eigenvalue weighted by atomic mass is 10.0. The number of anilines is 2. The van der Waals surface area contributed by atoms with Crippen LogP contribution in [-0.2, 0) is 14.4 Å². The van der Waals surface area contributed by atoms with E-state index in [9.17, 15) is 19.2 Å². The van der Waals surface area contributed by atoms with Crippen molar-refractivity contribution in [3.8, 4) is 5.75 Å². The highest BCUT2D eigenvalue weighted by atomic mass is 35.5. The van der Waals surface area contributed by atoms with Crippen molar-refractivity contribution in [3.05, 3.63) is 92.5 Å². The van der Waals surface area contributed by atoms with E-state index in [4.69, 9.17) is 27.9 Å². The number of benzene rings is 3. The summed E-state index contributed by atoms with van der Waals surface area (Å²) in [4.78, 5) is 51.8. The van der Waals surface area contributed by atoms with Crippen LogP contribution < -0.4 is 20.3 Å². The topological polar surface area (TPSA) is 105 Å². The normalized spacial score (nSPS) is 14.5. The van der Waals surface area contributed by atoms with E-state index in [-0.39, 0.29) is 23.5 Å². The zero-order chi connectivity index (χ0) is 27.6. The van der Waals surface area contributed by atoms with Gasteiger partial charge >= 0.3 is 6.03 Å². The van der Waals surface area contributed by atoms with Crippen molar-refractivity contribution < 1.29 is 23.9 Å². The molecule has 3 aromatic carbocycles. The van der Waals surface area contributed by atoms with Gasteiger partial charge in [-0.05, 0) is 86.0 Å². The number of nitrogens with one attached hydrogen (secondary N) is 2. The zero-order valence-electron chi connectivity index (χ0n) is 20.7. The first-order chi connectivity index (χ1) is 18.0. The van der Waals surface area contributed by atoms with Gasteiger partial charge in [-0.2, -0.15) is 0 Å². The van der Waals surface area contributed by atoms with E-state index >= 15 is 0 Å². The highest BCUT2D eigenvalue weighted by molar-refractivity contribution is 6.39. The smallest absolute Gasteiger partial charge is 0.335 e. The van der Waals surface area contributed by atoms with E-state index in [1.165, 1.54) is 18.2 Å². The number of hydrogen-bond acceptors (Lipinski definition) is 5. The molecule has 2 N–H and O–H groups in total. The van der Waals surface area contributed by atoms with Gasteiger partial charge in [-0.25, -0.2) is 9.69 Å². The van der Waals surface area contributed by atoms with Crippen LogP contribution in [0.3, 0.4) is 0 Å². The summed E-state index contributed by atoms with van der Waals surface area (Å²) in [7, 11) is 0. The number of carbonyl (C=O) groups is 4. The number of urea groups is 1. The minimum absolute atomic E-state index is 0.203. The number of barbiturate groups is 1. The molecule has 0 unspecified atom stereocenters. The summed E-state index contributed by atoms with van der Waals surface area (Å²) in [5.74, 6) is -1.91. The summed E-state index contributed by atoms with van der Waals surface area (Å²) in [6.45, 7) is 5.24. The first kappa shape index (κ1) is 26.9. The van der Waals surface area contributed by atoms with E-state index in [0.29, 0.717) is 21.4 Å². The molecule has 4 rings (SSSR count). The van der Waals surface area contributed by atoms with Crippen molar-refractivity contribution >= 4 is 64.4 Å². The van der Waals surface area contributed by atoms with Gasteiger partial charge in [-0.15, -0.1) is 0 Å². The molecule has 1 saturated heterocycles. The van der Waals surface area contributed by atoms with Gasteiger partial charge in [0.2, 0.25) is 0 Å². The summed E-state index contributed by atoms with van der Waals surface area (Å²) in [5, 5.41) is 5.71. The maximum atomic E-state index is 13.3. The molecule has 1 heterocycles. The van der Waals surface area contributed by atoms with Gasteiger partial charge in [0.1, 0.15) is 11.3 Å². The van der Waals surface area contributed by atoms with Crippen LogP contribution in [0, 0.1) is 20.8 Å². The number of hydrogen-bond donors (Lipinski definition) is 2. The Balaban J connectivity index is 1.58. The van der Waals surface area contributed by atoms with Crippen molar-refractivity contribution in [2.75, 3.05) is 16.8 Å². The number of amides is 5. The third-order valence-corrected chi connectivity index (χ3v) is 6.58.